The average molecular weight is 593 g/mol. The molecule has 0 saturated carbocycles. The monoisotopic (exact) mass is 592 g/mol. The van der Waals surface area contributed by atoms with Gasteiger partial charge in [0.15, 0.2) is 5.01 Å². The number of nitrogens with zero attached hydrogens (tertiary/aromatic N) is 3. The summed E-state index contributed by atoms with van der Waals surface area (Å²) in [6.45, 7) is 7.33. The number of piperidine rings is 2. The van der Waals surface area contributed by atoms with Crippen LogP contribution in [0.5, 0.6) is 0 Å². The average Bonchev–Trinajstić information content (AvgIpc) is 3.46. The van der Waals surface area contributed by atoms with Crippen molar-refractivity contribution in [2.24, 2.45) is 11.7 Å². The summed E-state index contributed by atoms with van der Waals surface area (Å²) in [5, 5.41) is 7.62. The second-order valence-electron chi connectivity index (χ2n) is 11.7. The van der Waals surface area contributed by atoms with E-state index in [1.54, 1.807) is 10.3 Å². The van der Waals surface area contributed by atoms with Gasteiger partial charge in [-0.2, -0.15) is 0 Å². The lowest BCUT2D eigenvalue weighted by atomic mass is 9.92. The highest BCUT2D eigenvalue weighted by molar-refractivity contribution is 7.11. The standard InChI is InChI=1S/C28H44N6O6S/c1-28(2,3)40-27(39)33-15-10-19(11-16-33)8-9-22(35)32-21-7-5-14-34(26(21)38)18-23(36)31-20(6-4-12-29)24(37)25-30-13-17-41-25/h13,17,19-21H,4-12,14-16,18,29H2,1-3H3,(H,31,36)(H,32,35)/t20-,21-/m0/s1. The predicted molar refractivity (Wildman–Crippen MR) is 154 cm³/mol. The number of hydrogen-bond donors (Lipinski definition) is 3. The van der Waals surface area contributed by atoms with Gasteiger partial charge >= 0.3 is 6.09 Å². The molecule has 41 heavy (non-hydrogen) atoms. The summed E-state index contributed by atoms with van der Waals surface area (Å²) >= 11 is 1.21. The maximum atomic E-state index is 13.1. The van der Waals surface area contributed by atoms with Gasteiger partial charge in [-0.3, -0.25) is 19.2 Å². The number of likely N-dealkylation sites (tertiary alicyclic amines) is 2. The molecule has 3 rings (SSSR count). The normalized spacial score (nSPS) is 19.0. The molecule has 228 valence electrons. The molecule has 1 aromatic rings. The summed E-state index contributed by atoms with van der Waals surface area (Å²) in [6, 6.07) is -1.44. The summed E-state index contributed by atoms with van der Waals surface area (Å²) in [4.78, 5) is 70.8. The minimum atomic E-state index is -0.761. The second kappa shape index (κ2) is 15.2. The summed E-state index contributed by atoms with van der Waals surface area (Å²) < 4.78 is 5.44. The van der Waals surface area contributed by atoms with E-state index >= 15 is 0 Å². The number of ketones is 1. The van der Waals surface area contributed by atoms with E-state index in [0.717, 1.165) is 12.8 Å². The first-order valence-corrected chi connectivity index (χ1v) is 15.3. The van der Waals surface area contributed by atoms with Gasteiger partial charge in [0, 0.05) is 37.6 Å². The Kier molecular flexibility index (Phi) is 12.1. The van der Waals surface area contributed by atoms with Crippen molar-refractivity contribution in [1.29, 1.82) is 0 Å². The van der Waals surface area contributed by atoms with Gasteiger partial charge in [0.05, 0.1) is 12.6 Å². The Morgan fingerprint density at radius 2 is 1.88 bits per heavy atom. The number of hydrogen-bond acceptors (Lipinski definition) is 9. The lowest BCUT2D eigenvalue weighted by Crippen LogP contribution is -2.55. The first-order valence-electron chi connectivity index (χ1n) is 14.5. The highest BCUT2D eigenvalue weighted by Gasteiger charge is 2.33. The molecule has 2 aliphatic heterocycles. The molecular weight excluding hydrogens is 548 g/mol. The van der Waals surface area contributed by atoms with Gasteiger partial charge in [0.25, 0.3) is 0 Å². The molecule has 0 unspecified atom stereocenters. The van der Waals surface area contributed by atoms with E-state index in [-0.39, 0.29) is 30.2 Å². The maximum absolute atomic E-state index is 13.1. The van der Waals surface area contributed by atoms with Crippen LogP contribution >= 0.6 is 11.3 Å². The number of thiazole rings is 1. The molecule has 0 radical (unpaired) electrons. The molecule has 12 nitrogen and oxygen atoms in total. The van der Waals surface area contributed by atoms with Crippen molar-refractivity contribution in [2.75, 3.05) is 32.7 Å². The Morgan fingerprint density at radius 3 is 2.51 bits per heavy atom. The number of rotatable bonds is 12. The van der Waals surface area contributed by atoms with Crippen molar-refractivity contribution in [3.63, 3.8) is 0 Å². The highest BCUT2D eigenvalue weighted by atomic mass is 32.1. The number of nitrogens with one attached hydrogen (secondary N) is 2. The molecular formula is C28H44N6O6S. The van der Waals surface area contributed by atoms with Gasteiger partial charge in [-0.25, -0.2) is 9.78 Å². The van der Waals surface area contributed by atoms with Gasteiger partial charge in [-0.05, 0) is 78.2 Å². The summed E-state index contributed by atoms with van der Waals surface area (Å²) in [5.74, 6) is -0.876. The highest BCUT2D eigenvalue weighted by Crippen LogP contribution is 2.23. The first-order chi connectivity index (χ1) is 19.5. The molecule has 0 aromatic carbocycles. The number of amides is 4. The zero-order valence-corrected chi connectivity index (χ0v) is 25.2. The van der Waals surface area contributed by atoms with E-state index < -0.39 is 23.6 Å². The third-order valence-corrected chi connectivity index (χ3v) is 8.03. The van der Waals surface area contributed by atoms with Crippen LogP contribution in [0.2, 0.25) is 0 Å². The Hall–Kier alpha value is -3.06. The van der Waals surface area contributed by atoms with E-state index in [0.29, 0.717) is 75.6 Å². The van der Waals surface area contributed by atoms with Crippen molar-refractivity contribution >= 4 is 40.9 Å². The van der Waals surface area contributed by atoms with E-state index in [4.69, 9.17) is 10.5 Å². The quantitative estimate of drug-likeness (QED) is 0.311. The molecule has 2 saturated heterocycles. The fourth-order valence-electron chi connectivity index (χ4n) is 5.06. The van der Waals surface area contributed by atoms with Crippen molar-refractivity contribution in [3.8, 4) is 0 Å². The number of carbonyl (C=O) groups is 5. The third kappa shape index (κ3) is 10.4. The van der Waals surface area contributed by atoms with Crippen LogP contribution in [0.3, 0.4) is 0 Å². The molecule has 13 heteroatoms. The summed E-state index contributed by atoms with van der Waals surface area (Å²) in [5.41, 5.74) is 5.07. The lowest BCUT2D eigenvalue weighted by molar-refractivity contribution is -0.141. The number of aromatic nitrogens is 1. The minimum Gasteiger partial charge on any atom is -0.444 e. The van der Waals surface area contributed by atoms with Crippen LogP contribution in [0.15, 0.2) is 11.6 Å². The number of carbonyl (C=O) groups excluding carboxylic acids is 5. The van der Waals surface area contributed by atoms with E-state index in [9.17, 15) is 24.0 Å². The van der Waals surface area contributed by atoms with E-state index in [1.165, 1.54) is 22.4 Å². The molecule has 2 fully saturated rings. The van der Waals surface area contributed by atoms with Gasteiger partial charge in [0.1, 0.15) is 11.6 Å². The largest absolute Gasteiger partial charge is 0.444 e. The Bertz CT molecular complexity index is 1050. The van der Waals surface area contributed by atoms with Crippen molar-refractivity contribution in [3.05, 3.63) is 16.6 Å². The van der Waals surface area contributed by atoms with Crippen LogP contribution in [0.1, 0.15) is 81.9 Å². The minimum absolute atomic E-state index is 0.189. The van der Waals surface area contributed by atoms with Gasteiger partial charge in [-0.15, -0.1) is 11.3 Å². The number of nitrogens with two attached hydrogens (primary N) is 1. The fraction of sp³-hybridized carbons (Fsp3) is 0.714. The topological polar surface area (TPSA) is 164 Å². The van der Waals surface area contributed by atoms with E-state index in [1.807, 2.05) is 20.8 Å². The van der Waals surface area contributed by atoms with Crippen LogP contribution in [0, 0.1) is 5.92 Å². The van der Waals surface area contributed by atoms with Gasteiger partial charge < -0.3 is 30.9 Å². The molecule has 0 bridgehead atoms. The predicted octanol–water partition coefficient (Wildman–Crippen LogP) is 2.08. The van der Waals surface area contributed by atoms with Crippen LogP contribution in [0.25, 0.3) is 0 Å². The molecule has 3 heterocycles. The number of Topliss-reactive ketones (excluding diaryl/α,β-unsaturated/α-hetero) is 1. The smallest absolute Gasteiger partial charge is 0.410 e. The van der Waals surface area contributed by atoms with Crippen LogP contribution in [-0.4, -0.2) is 94.8 Å². The lowest BCUT2D eigenvalue weighted by Gasteiger charge is -2.34. The van der Waals surface area contributed by atoms with Crippen LogP contribution in [-0.2, 0) is 19.1 Å². The SMILES string of the molecule is CC(C)(C)OC(=O)N1CCC(CCC(=O)N[C@H]2CCCN(CC(=O)N[C@@H](CCCN)C(=O)c3nccs3)C2=O)CC1. The summed E-state index contributed by atoms with van der Waals surface area (Å²) in [7, 11) is 0. The van der Waals surface area contributed by atoms with Gasteiger partial charge in [-0.1, -0.05) is 0 Å². The van der Waals surface area contributed by atoms with Crippen LogP contribution in [0.4, 0.5) is 4.79 Å². The molecule has 1 aromatic heterocycles. The zero-order chi connectivity index (χ0) is 30.0. The third-order valence-electron chi connectivity index (χ3n) is 7.24. The number of ether oxygens (including phenoxy) is 1. The van der Waals surface area contributed by atoms with Crippen LogP contribution < -0.4 is 16.4 Å². The Morgan fingerprint density at radius 1 is 1.15 bits per heavy atom. The molecule has 2 atom stereocenters. The molecule has 0 aliphatic carbocycles. The van der Waals surface area contributed by atoms with Crippen molar-refractivity contribution in [1.82, 2.24) is 25.4 Å². The zero-order valence-electron chi connectivity index (χ0n) is 24.4. The van der Waals surface area contributed by atoms with Gasteiger partial charge in [0.2, 0.25) is 23.5 Å². The fourth-order valence-corrected chi connectivity index (χ4v) is 5.69. The van der Waals surface area contributed by atoms with Crippen molar-refractivity contribution < 1.29 is 28.7 Å². The van der Waals surface area contributed by atoms with Crippen molar-refractivity contribution in [2.45, 2.75) is 89.8 Å². The Labute approximate surface area is 245 Å². The maximum Gasteiger partial charge on any atom is 0.410 e. The molecule has 4 amide bonds. The molecule has 0 spiro atoms. The molecule has 2 aliphatic rings. The first kappa shape index (κ1) is 32.5. The van der Waals surface area contributed by atoms with E-state index in [2.05, 4.69) is 15.6 Å². The summed E-state index contributed by atoms with van der Waals surface area (Å²) in [6.07, 6.45) is 5.91. The second-order valence-corrected chi connectivity index (χ2v) is 12.6. The molecule has 4 N–H and O–H groups in total. The Balaban J connectivity index is 1.42.